The van der Waals surface area contributed by atoms with E-state index in [0.717, 1.165) is 11.1 Å². The van der Waals surface area contributed by atoms with Crippen LogP contribution >= 0.6 is 23.2 Å². The fourth-order valence-electron chi connectivity index (χ4n) is 1.04. The number of hydrogen-bond donors (Lipinski definition) is 0. The third-order valence-electron chi connectivity index (χ3n) is 1.64. The molecular weight excluding hydrogens is 193 g/mol. The highest BCUT2D eigenvalue weighted by Gasteiger charge is 2.04. The summed E-state index contributed by atoms with van der Waals surface area (Å²) >= 11 is 11.6. The van der Waals surface area contributed by atoms with Gasteiger partial charge in [-0.3, -0.25) is 0 Å². The zero-order valence-corrected chi connectivity index (χ0v) is 8.08. The molecule has 0 spiro atoms. The Balaban J connectivity index is 3.21. The lowest BCUT2D eigenvalue weighted by atomic mass is 10.1. The van der Waals surface area contributed by atoms with E-state index in [-0.39, 0.29) is 0 Å². The number of nitriles is 1. The van der Waals surface area contributed by atoms with E-state index in [4.69, 9.17) is 28.5 Å². The van der Waals surface area contributed by atoms with Crippen molar-refractivity contribution in [3.63, 3.8) is 0 Å². The summed E-state index contributed by atoms with van der Waals surface area (Å²) < 4.78 is 0. The Kier molecular flexibility index (Phi) is 2.97. The first-order valence-corrected chi connectivity index (χ1v) is 4.22. The monoisotopic (exact) mass is 199 g/mol. The maximum absolute atomic E-state index is 8.50. The molecule has 0 atom stereocenters. The lowest BCUT2D eigenvalue weighted by molar-refractivity contribution is 1.21. The third kappa shape index (κ3) is 1.91. The van der Waals surface area contributed by atoms with E-state index in [2.05, 4.69) is 6.07 Å². The van der Waals surface area contributed by atoms with Crippen LogP contribution in [-0.4, -0.2) is 0 Å². The lowest BCUT2D eigenvalue weighted by Gasteiger charge is -2.04. The van der Waals surface area contributed by atoms with E-state index < -0.39 is 0 Å². The van der Waals surface area contributed by atoms with Gasteiger partial charge in [-0.15, -0.1) is 0 Å². The predicted octanol–water partition coefficient (Wildman–Crippen LogP) is 3.37. The Morgan fingerprint density at radius 3 is 2.58 bits per heavy atom. The van der Waals surface area contributed by atoms with Gasteiger partial charge in [-0.25, -0.2) is 0 Å². The molecule has 0 aromatic heterocycles. The fraction of sp³-hybridized carbons (Fsp3) is 0.222. The van der Waals surface area contributed by atoms with Crippen molar-refractivity contribution < 1.29 is 0 Å². The molecule has 1 aromatic carbocycles. The minimum Gasteiger partial charge on any atom is -0.198 e. The van der Waals surface area contributed by atoms with Crippen molar-refractivity contribution in [2.75, 3.05) is 0 Å². The predicted molar refractivity (Wildman–Crippen MR) is 50.5 cm³/mol. The van der Waals surface area contributed by atoms with Gasteiger partial charge in [-0.2, -0.15) is 5.26 Å². The maximum atomic E-state index is 8.50. The molecule has 0 aliphatic carbocycles. The quantitative estimate of drug-likeness (QED) is 0.681. The first-order chi connectivity index (χ1) is 5.65. The number of aryl methyl sites for hydroxylation is 1. The van der Waals surface area contributed by atoms with Crippen LogP contribution in [0.2, 0.25) is 10.0 Å². The molecule has 12 heavy (non-hydrogen) atoms. The standard InChI is InChI=1S/C9H7Cl2N/c1-6-4-7(10)5-9(11)8(6)2-3-12/h4-5H,2H2,1H3. The molecule has 0 fully saturated rings. The Morgan fingerprint density at radius 1 is 1.42 bits per heavy atom. The van der Waals surface area contributed by atoms with Crippen LogP contribution in [-0.2, 0) is 6.42 Å². The van der Waals surface area contributed by atoms with Crippen LogP contribution < -0.4 is 0 Å². The molecule has 1 rings (SSSR count). The summed E-state index contributed by atoms with van der Waals surface area (Å²) in [6.07, 6.45) is 0.335. The summed E-state index contributed by atoms with van der Waals surface area (Å²) in [6.45, 7) is 1.89. The van der Waals surface area contributed by atoms with E-state index >= 15 is 0 Å². The smallest absolute Gasteiger partial charge is 0.0670 e. The summed E-state index contributed by atoms with van der Waals surface area (Å²) in [5, 5.41) is 9.68. The number of rotatable bonds is 1. The van der Waals surface area contributed by atoms with Crippen LogP contribution in [0.3, 0.4) is 0 Å². The second-order valence-corrected chi connectivity index (χ2v) is 3.36. The third-order valence-corrected chi connectivity index (χ3v) is 2.19. The van der Waals surface area contributed by atoms with E-state index in [0.29, 0.717) is 16.5 Å². The van der Waals surface area contributed by atoms with Crippen molar-refractivity contribution in [3.8, 4) is 6.07 Å². The van der Waals surface area contributed by atoms with E-state index in [1.165, 1.54) is 0 Å². The Labute approximate surface area is 81.5 Å². The van der Waals surface area contributed by atoms with Gasteiger partial charge in [0.1, 0.15) is 0 Å². The van der Waals surface area contributed by atoms with E-state index in [1.54, 1.807) is 12.1 Å². The van der Waals surface area contributed by atoms with Crippen LogP contribution in [0.15, 0.2) is 12.1 Å². The summed E-state index contributed by atoms with van der Waals surface area (Å²) in [6, 6.07) is 5.52. The van der Waals surface area contributed by atoms with Crippen LogP contribution in [0.4, 0.5) is 0 Å². The van der Waals surface area contributed by atoms with Gasteiger partial charge < -0.3 is 0 Å². The van der Waals surface area contributed by atoms with Gasteiger partial charge in [-0.05, 0) is 30.2 Å². The summed E-state index contributed by atoms with van der Waals surface area (Å²) in [5.41, 5.74) is 1.83. The fourth-order valence-corrected chi connectivity index (χ4v) is 1.70. The summed E-state index contributed by atoms with van der Waals surface area (Å²) in [4.78, 5) is 0. The highest BCUT2D eigenvalue weighted by atomic mass is 35.5. The van der Waals surface area contributed by atoms with Crippen LogP contribution in [0.25, 0.3) is 0 Å². The Morgan fingerprint density at radius 2 is 2.08 bits per heavy atom. The van der Waals surface area contributed by atoms with Gasteiger partial charge in [0.25, 0.3) is 0 Å². The summed E-state index contributed by atoms with van der Waals surface area (Å²) in [7, 11) is 0. The highest BCUT2D eigenvalue weighted by molar-refractivity contribution is 6.35. The average molecular weight is 200 g/mol. The molecule has 0 saturated heterocycles. The molecule has 62 valence electrons. The first-order valence-electron chi connectivity index (χ1n) is 3.46. The van der Waals surface area contributed by atoms with Gasteiger partial charge >= 0.3 is 0 Å². The average Bonchev–Trinajstić information content (AvgIpc) is 1.96. The van der Waals surface area contributed by atoms with Gasteiger partial charge in [-0.1, -0.05) is 23.2 Å². The molecule has 0 amide bonds. The minimum atomic E-state index is 0.335. The Hall–Kier alpha value is -0.710. The van der Waals surface area contributed by atoms with Gasteiger partial charge in [0.2, 0.25) is 0 Å². The molecule has 0 unspecified atom stereocenters. The van der Waals surface area contributed by atoms with Crippen molar-refractivity contribution in [3.05, 3.63) is 33.3 Å². The van der Waals surface area contributed by atoms with Gasteiger partial charge in [0.15, 0.2) is 0 Å². The van der Waals surface area contributed by atoms with Crippen molar-refractivity contribution in [1.82, 2.24) is 0 Å². The first kappa shape index (κ1) is 9.38. The molecule has 0 saturated carbocycles. The molecule has 0 aliphatic heterocycles. The zero-order chi connectivity index (χ0) is 9.14. The Bertz CT molecular complexity index is 316. The van der Waals surface area contributed by atoms with E-state index in [9.17, 15) is 0 Å². The number of halogens is 2. The molecule has 0 N–H and O–H groups in total. The van der Waals surface area contributed by atoms with Crippen molar-refractivity contribution in [2.24, 2.45) is 0 Å². The molecule has 0 heterocycles. The van der Waals surface area contributed by atoms with Gasteiger partial charge in [0.05, 0.1) is 12.5 Å². The molecule has 0 radical (unpaired) electrons. The van der Waals surface area contributed by atoms with Crippen LogP contribution in [0.5, 0.6) is 0 Å². The molecule has 0 aliphatic rings. The zero-order valence-electron chi connectivity index (χ0n) is 6.56. The molecule has 3 heteroatoms. The van der Waals surface area contributed by atoms with E-state index in [1.807, 2.05) is 6.92 Å². The topological polar surface area (TPSA) is 23.8 Å². The lowest BCUT2D eigenvalue weighted by Crippen LogP contribution is -1.88. The summed E-state index contributed by atoms with van der Waals surface area (Å²) in [5.74, 6) is 0. The van der Waals surface area contributed by atoms with Gasteiger partial charge in [0, 0.05) is 10.0 Å². The number of hydrogen-bond acceptors (Lipinski definition) is 1. The largest absolute Gasteiger partial charge is 0.198 e. The molecule has 1 aromatic rings. The molecular formula is C9H7Cl2N. The molecule has 1 nitrogen and oxygen atoms in total. The van der Waals surface area contributed by atoms with Crippen LogP contribution in [0, 0.1) is 18.3 Å². The van der Waals surface area contributed by atoms with Crippen molar-refractivity contribution in [1.29, 1.82) is 5.26 Å². The second kappa shape index (κ2) is 3.80. The number of benzene rings is 1. The molecule has 0 bridgehead atoms. The maximum Gasteiger partial charge on any atom is 0.0670 e. The second-order valence-electron chi connectivity index (χ2n) is 2.52. The normalized spacial score (nSPS) is 9.50. The van der Waals surface area contributed by atoms with Crippen LogP contribution in [0.1, 0.15) is 11.1 Å². The van der Waals surface area contributed by atoms with Crippen molar-refractivity contribution >= 4 is 23.2 Å². The van der Waals surface area contributed by atoms with Crippen molar-refractivity contribution in [2.45, 2.75) is 13.3 Å². The minimum absolute atomic E-state index is 0.335. The number of nitrogens with zero attached hydrogens (tertiary/aromatic N) is 1. The highest BCUT2D eigenvalue weighted by Crippen LogP contribution is 2.24. The SMILES string of the molecule is Cc1cc(Cl)cc(Cl)c1CC#N.